The Labute approximate surface area is 387 Å². The number of rotatable bonds is 44. The molecule has 1 unspecified atom stereocenters. The van der Waals surface area contributed by atoms with E-state index < -0.39 is 12.1 Å². The Morgan fingerprint density at radius 3 is 1.05 bits per heavy atom. The third-order valence-electron chi connectivity index (χ3n) is 10.3. The lowest BCUT2D eigenvalue weighted by molar-refractivity contribution is -0.166. The molecule has 0 bridgehead atoms. The zero-order valence-corrected chi connectivity index (χ0v) is 40.5. The van der Waals surface area contributed by atoms with Gasteiger partial charge in [-0.2, -0.15) is 0 Å². The normalized spacial score (nSPS) is 13.0. The molecule has 0 radical (unpaired) electrons. The predicted octanol–water partition coefficient (Wildman–Crippen LogP) is 16.8. The van der Waals surface area contributed by atoms with E-state index in [1.807, 2.05) is 6.08 Å². The Morgan fingerprint density at radius 2 is 0.667 bits per heavy atom. The Balaban J connectivity index is 4.56. The SMILES string of the molecule is CC/C=C\C/C=C\C/C=C\C/C=C\C/C=C\CC(=O)OC(COC(=O)CCCCCC/C=C\C/C=C\C/C=C\C/C=C\CC)COC(=O)CCCCCCCCCCCCCCC. The van der Waals surface area contributed by atoms with Crippen LogP contribution in [0.3, 0.4) is 0 Å². The van der Waals surface area contributed by atoms with Gasteiger partial charge in [-0.15, -0.1) is 0 Å². The maximum absolute atomic E-state index is 12.7. The van der Waals surface area contributed by atoms with E-state index in [-0.39, 0.29) is 31.6 Å². The number of ether oxygens (including phenoxy) is 3. The second kappa shape index (κ2) is 50.7. The van der Waals surface area contributed by atoms with Crippen molar-refractivity contribution in [1.29, 1.82) is 0 Å². The predicted molar refractivity (Wildman–Crippen MR) is 270 cm³/mol. The third kappa shape index (κ3) is 49.0. The highest BCUT2D eigenvalue weighted by atomic mass is 16.6. The highest BCUT2D eigenvalue weighted by Crippen LogP contribution is 2.14. The molecule has 0 aliphatic heterocycles. The summed E-state index contributed by atoms with van der Waals surface area (Å²) in [4.78, 5) is 37.9. The molecule has 0 saturated carbocycles. The molecule has 0 N–H and O–H groups in total. The van der Waals surface area contributed by atoms with Gasteiger partial charge in [0.1, 0.15) is 13.2 Å². The molecule has 0 aromatic carbocycles. The van der Waals surface area contributed by atoms with Crippen molar-refractivity contribution < 1.29 is 28.6 Å². The first-order chi connectivity index (χ1) is 31.0. The fourth-order valence-corrected chi connectivity index (χ4v) is 6.57. The van der Waals surface area contributed by atoms with Crippen molar-refractivity contribution in [3.05, 3.63) is 109 Å². The number of carbonyl (C=O) groups excluding carboxylic acids is 3. The molecular weight excluding hydrogens is 781 g/mol. The van der Waals surface area contributed by atoms with Gasteiger partial charge in [0.25, 0.3) is 0 Å². The molecule has 6 nitrogen and oxygen atoms in total. The van der Waals surface area contributed by atoms with Gasteiger partial charge in [0.15, 0.2) is 6.10 Å². The quantitative estimate of drug-likeness (QED) is 0.0263. The van der Waals surface area contributed by atoms with E-state index in [0.29, 0.717) is 19.3 Å². The summed E-state index contributed by atoms with van der Waals surface area (Å²) in [5, 5.41) is 0. The van der Waals surface area contributed by atoms with Crippen molar-refractivity contribution >= 4 is 17.9 Å². The Hall–Kier alpha value is -3.93. The van der Waals surface area contributed by atoms with Gasteiger partial charge in [-0.05, 0) is 83.5 Å². The van der Waals surface area contributed by atoms with Crippen LogP contribution in [0.1, 0.15) is 213 Å². The van der Waals surface area contributed by atoms with E-state index in [9.17, 15) is 14.4 Å². The summed E-state index contributed by atoms with van der Waals surface area (Å²) in [6.07, 6.45) is 68.1. The molecular formula is C57H92O6. The summed E-state index contributed by atoms with van der Waals surface area (Å²) >= 11 is 0. The molecule has 0 heterocycles. The van der Waals surface area contributed by atoms with Crippen LogP contribution in [0.5, 0.6) is 0 Å². The minimum absolute atomic E-state index is 0.0891. The summed E-state index contributed by atoms with van der Waals surface area (Å²) in [6, 6.07) is 0. The van der Waals surface area contributed by atoms with E-state index in [0.717, 1.165) is 103 Å². The van der Waals surface area contributed by atoms with E-state index >= 15 is 0 Å². The average molecular weight is 873 g/mol. The second-order valence-corrected chi connectivity index (χ2v) is 16.3. The lowest BCUT2D eigenvalue weighted by Crippen LogP contribution is -2.30. The smallest absolute Gasteiger partial charge is 0.310 e. The van der Waals surface area contributed by atoms with Crippen molar-refractivity contribution in [3.63, 3.8) is 0 Å². The average Bonchev–Trinajstić information content (AvgIpc) is 3.28. The topological polar surface area (TPSA) is 78.9 Å². The monoisotopic (exact) mass is 873 g/mol. The Morgan fingerprint density at radius 1 is 0.349 bits per heavy atom. The van der Waals surface area contributed by atoms with Crippen LogP contribution in [-0.2, 0) is 28.6 Å². The first-order valence-electron chi connectivity index (χ1n) is 25.4. The van der Waals surface area contributed by atoms with E-state index in [4.69, 9.17) is 14.2 Å². The van der Waals surface area contributed by atoms with E-state index in [2.05, 4.69) is 118 Å². The van der Waals surface area contributed by atoms with E-state index in [1.54, 1.807) is 6.08 Å². The van der Waals surface area contributed by atoms with Crippen molar-refractivity contribution in [2.24, 2.45) is 0 Å². The van der Waals surface area contributed by atoms with Crippen molar-refractivity contribution in [2.75, 3.05) is 13.2 Å². The molecule has 0 saturated heterocycles. The standard InChI is InChI=1S/C57H92O6/c1-4-7-10-13-16-19-22-25-27-28-30-32-35-38-41-44-47-50-56(59)62-53-54(52-61-55(58)49-46-43-40-37-34-31-24-21-18-15-12-9-6-3)63-57(60)51-48-45-42-39-36-33-29-26-23-20-17-14-11-8-5-2/h7-8,10-11,16-17,19-20,25-27,29-30,32,36,39,45,48,54H,4-6,9,12-15,18,21-24,28,31,33-35,37-38,40-44,46-47,49-53H2,1-3H3/b10-7-,11-8-,19-16-,20-17-,27-25-,29-26-,32-30-,39-36-,48-45-. The maximum atomic E-state index is 12.7. The highest BCUT2D eigenvalue weighted by molar-refractivity contribution is 5.72. The lowest BCUT2D eigenvalue weighted by atomic mass is 10.0. The van der Waals surface area contributed by atoms with Gasteiger partial charge in [-0.3, -0.25) is 14.4 Å². The number of hydrogen-bond acceptors (Lipinski definition) is 6. The fourth-order valence-electron chi connectivity index (χ4n) is 6.57. The lowest BCUT2D eigenvalue weighted by Gasteiger charge is -2.18. The van der Waals surface area contributed by atoms with Gasteiger partial charge < -0.3 is 14.2 Å². The van der Waals surface area contributed by atoms with Crippen LogP contribution >= 0.6 is 0 Å². The molecule has 0 fully saturated rings. The molecule has 0 aliphatic carbocycles. The molecule has 0 aromatic rings. The largest absolute Gasteiger partial charge is 0.462 e. The van der Waals surface area contributed by atoms with Crippen LogP contribution in [0.2, 0.25) is 0 Å². The summed E-state index contributed by atoms with van der Waals surface area (Å²) < 4.78 is 16.7. The zero-order chi connectivity index (χ0) is 45.8. The molecule has 6 heteroatoms. The minimum Gasteiger partial charge on any atom is -0.462 e. The van der Waals surface area contributed by atoms with Gasteiger partial charge in [0.2, 0.25) is 0 Å². The van der Waals surface area contributed by atoms with Crippen LogP contribution in [0.25, 0.3) is 0 Å². The van der Waals surface area contributed by atoms with Gasteiger partial charge >= 0.3 is 17.9 Å². The van der Waals surface area contributed by atoms with Crippen molar-refractivity contribution in [1.82, 2.24) is 0 Å². The summed E-state index contributed by atoms with van der Waals surface area (Å²) in [7, 11) is 0. The number of esters is 3. The minimum atomic E-state index is -0.842. The summed E-state index contributed by atoms with van der Waals surface area (Å²) in [5.41, 5.74) is 0. The number of allylic oxidation sites excluding steroid dienone is 17. The van der Waals surface area contributed by atoms with Crippen LogP contribution < -0.4 is 0 Å². The van der Waals surface area contributed by atoms with Crippen LogP contribution in [0.15, 0.2) is 109 Å². The van der Waals surface area contributed by atoms with Gasteiger partial charge in [-0.25, -0.2) is 0 Å². The molecule has 0 amide bonds. The highest BCUT2D eigenvalue weighted by Gasteiger charge is 2.19. The Bertz CT molecular complexity index is 1330. The van der Waals surface area contributed by atoms with Crippen LogP contribution in [0.4, 0.5) is 0 Å². The molecule has 1 atom stereocenters. The molecule has 356 valence electrons. The van der Waals surface area contributed by atoms with Gasteiger partial charge in [-0.1, -0.05) is 220 Å². The molecule has 0 rings (SSSR count). The zero-order valence-electron chi connectivity index (χ0n) is 40.5. The van der Waals surface area contributed by atoms with Crippen LogP contribution in [-0.4, -0.2) is 37.2 Å². The molecule has 0 aliphatic rings. The molecule has 0 spiro atoms. The second-order valence-electron chi connectivity index (χ2n) is 16.3. The van der Waals surface area contributed by atoms with Gasteiger partial charge in [0.05, 0.1) is 6.42 Å². The maximum Gasteiger partial charge on any atom is 0.310 e. The summed E-state index contributed by atoms with van der Waals surface area (Å²) in [5.74, 6) is -1.09. The van der Waals surface area contributed by atoms with Crippen molar-refractivity contribution in [3.8, 4) is 0 Å². The number of unbranched alkanes of at least 4 members (excludes halogenated alkanes) is 16. The first-order valence-corrected chi connectivity index (χ1v) is 25.4. The van der Waals surface area contributed by atoms with E-state index in [1.165, 1.54) is 64.2 Å². The van der Waals surface area contributed by atoms with Crippen molar-refractivity contribution in [2.45, 2.75) is 219 Å². The fraction of sp³-hybridized carbons (Fsp3) is 0.632. The third-order valence-corrected chi connectivity index (χ3v) is 10.3. The summed E-state index contributed by atoms with van der Waals surface area (Å²) in [6.45, 7) is 6.29. The van der Waals surface area contributed by atoms with Crippen LogP contribution in [0, 0.1) is 0 Å². The molecule has 63 heavy (non-hydrogen) atoms. The molecule has 0 aromatic heterocycles. The Kier molecular flexibility index (Phi) is 47.5. The number of hydrogen-bond donors (Lipinski definition) is 0. The number of carbonyl (C=O) groups is 3. The first kappa shape index (κ1) is 59.1. The van der Waals surface area contributed by atoms with Gasteiger partial charge in [0, 0.05) is 12.8 Å².